The van der Waals surface area contributed by atoms with Crippen LogP contribution in [0.5, 0.6) is 0 Å². The van der Waals surface area contributed by atoms with Crippen LogP contribution in [0, 0.1) is 0 Å². The lowest BCUT2D eigenvalue weighted by molar-refractivity contribution is -0.140. The molecule has 0 bridgehead atoms. The highest BCUT2D eigenvalue weighted by atomic mass is 16.6. The Balaban J connectivity index is 4.30. The third-order valence-electron chi connectivity index (χ3n) is 1.64. The number of ether oxygens (including phenoxy) is 1. The molecule has 1 atom stereocenters. The summed E-state index contributed by atoms with van der Waals surface area (Å²) in [5, 5.41) is 19.3. The van der Waals surface area contributed by atoms with Crippen molar-refractivity contribution in [2.45, 2.75) is 45.3 Å². The van der Waals surface area contributed by atoms with Crippen molar-refractivity contribution >= 4 is 18.0 Å². The van der Waals surface area contributed by atoms with E-state index in [1.54, 1.807) is 20.8 Å². The molecular weight excluding hydrogens is 230 g/mol. The second-order valence-corrected chi connectivity index (χ2v) is 4.47. The number of rotatable bonds is 5. The molecule has 7 nitrogen and oxygen atoms in total. The van der Waals surface area contributed by atoms with Gasteiger partial charge in [-0.15, -0.1) is 0 Å². The summed E-state index contributed by atoms with van der Waals surface area (Å²) in [4.78, 5) is 32.3. The molecule has 1 amide bonds. The molecule has 0 aromatic rings. The van der Waals surface area contributed by atoms with Crippen molar-refractivity contribution in [3.63, 3.8) is 0 Å². The van der Waals surface area contributed by atoms with Gasteiger partial charge in [-0.2, -0.15) is 0 Å². The number of alkyl carbamates (subject to hydrolysis) is 1. The summed E-state index contributed by atoms with van der Waals surface area (Å²) in [6, 6.07) is -1.26. The maximum atomic E-state index is 11.3. The second kappa shape index (κ2) is 6.07. The minimum atomic E-state index is -1.29. The predicted octanol–water partition coefficient (Wildman–Crippen LogP) is 0.829. The van der Waals surface area contributed by atoms with Crippen LogP contribution in [0.1, 0.15) is 33.6 Å². The van der Waals surface area contributed by atoms with Crippen LogP contribution >= 0.6 is 0 Å². The first-order chi connectivity index (χ1) is 7.61. The van der Waals surface area contributed by atoms with Gasteiger partial charge in [-0.3, -0.25) is 4.79 Å². The van der Waals surface area contributed by atoms with E-state index in [0.717, 1.165) is 0 Å². The zero-order valence-corrected chi connectivity index (χ0v) is 10.0. The molecule has 3 N–H and O–H groups in total. The maximum Gasteiger partial charge on any atom is 0.408 e. The Morgan fingerprint density at radius 2 is 1.76 bits per heavy atom. The Hall–Kier alpha value is -1.79. The van der Waals surface area contributed by atoms with Gasteiger partial charge in [0.2, 0.25) is 0 Å². The maximum absolute atomic E-state index is 11.3. The third kappa shape index (κ3) is 8.06. The molecule has 7 heteroatoms. The fraction of sp³-hybridized carbons (Fsp3) is 0.700. The van der Waals surface area contributed by atoms with Crippen molar-refractivity contribution in [1.82, 2.24) is 5.32 Å². The number of hydrogen-bond acceptors (Lipinski definition) is 4. The van der Waals surface area contributed by atoms with Gasteiger partial charge in [0.1, 0.15) is 11.6 Å². The van der Waals surface area contributed by atoms with Gasteiger partial charge >= 0.3 is 18.0 Å². The Labute approximate surface area is 98.8 Å². The van der Waals surface area contributed by atoms with E-state index in [1.807, 2.05) is 0 Å². The number of aliphatic carboxylic acids is 2. The van der Waals surface area contributed by atoms with Crippen LogP contribution in [0.2, 0.25) is 0 Å². The largest absolute Gasteiger partial charge is 0.481 e. The lowest BCUT2D eigenvalue weighted by Gasteiger charge is -2.21. The van der Waals surface area contributed by atoms with Crippen LogP contribution in [0.25, 0.3) is 0 Å². The van der Waals surface area contributed by atoms with E-state index in [-0.39, 0.29) is 12.8 Å². The Kier molecular flexibility index (Phi) is 5.43. The van der Waals surface area contributed by atoms with E-state index in [2.05, 4.69) is 5.32 Å². The summed E-state index contributed by atoms with van der Waals surface area (Å²) in [6.45, 7) is 4.92. The number of nitrogens with one attached hydrogen (secondary N) is 1. The first kappa shape index (κ1) is 15.2. The molecule has 17 heavy (non-hydrogen) atoms. The molecule has 0 aliphatic heterocycles. The molecule has 0 saturated carbocycles. The number of amides is 1. The van der Waals surface area contributed by atoms with E-state index in [4.69, 9.17) is 14.9 Å². The highest BCUT2D eigenvalue weighted by Gasteiger charge is 2.24. The van der Waals surface area contributed by atoms with Crippen LogP contribution in [0.4, 0.5) is 4.79 Å². The molecule has 0 spiro atoms. The fourth-order valence-corrected chi connectivity index (χ4v) is 0.975. The topological polar surface area (TPSA) is 113 Å². The number of carbonyl (C=O) groups is 3. The van der Waals surface area contributed by atoms with E-state index < -0.39 is 29.7 Å². The van der Waals surface area contributed by atoms with Crippen LogP contribution in [0.15, 0.2) is 0 Å². The van der Waals surface area contributed by atoms with Gasteiger partial charge in [0, 0.05) is 6.42 Å². The number of carbonyl (C=O) groups excluding carboxylic acids is 1. The summed E-state index contributed by atoms with van der Waals surface area (Å²) in [7, 11) is 0. The van der Waals surface area contributed by atoms with Gasteiger partial charge in [-0.05, 0) is 27.2 Å². The summed E-state index contributed by atoms with van der Waals surface area (Å²) in [6.07, 6.45) is -1.41. The van der Waals surface area contributed by atoms with Crippen LogP contribution in [0.3, 0.4) is 0 Å². The average molecular weight is 247 g/mol. The summed E-state index contributed by atoms with van der Waals surface area (Å²) in [5.41, 5.74) is -0.736. The van der Waals surface area contributed by atoms with Gasteiger partial charge in [0.05, 0.1) is 0 Å². The standard InChI is InChI=1S/C10H17NO6/c1-10(2,3)17-9(16)11-6(8(14)15)4-5-7(12)13/h6H,4-5H2,1-3H3,(H,11,16)(H,12,13)(H,14,15). The minimum Gasteiger partial charge on any atom is -0.481 e. The van der Waals surface area contributed by atoms with Crippen molar-refractivity contribution < 1.29 is 29.3 Å². The summed E-state index contributed by atoms with van der Waals surface area (Å²) < 4.78 is 4.86. The monoisotopic (exact) mass is 247 g/mol. The van der Waals surface area contributed by atoms with E-state index >= 15 is 0 Å². The normalized spacial score (nSPS) is 12.6. The smallest absolute Gasteiger partial charge is 0.408 e. The van der Waals surface area contributed by atoms with Gasteiger partial charge in [0.15, 0.2) is 0 Å². The highest BCUT2D eigenvalue weighted by molar-refractivity contribution is 5.80. The molecule has 0 radical (unpaired) electrons. The Morgan fingerprint density at radius 1 is 1.24 bits per heavy atom. The minimum absolute atomic E-state index is 0.191. The number of carboxylic acids is 2. The van der Waals surface area contributed by atoms with Gasteiger partial charge in [-0.25, -0.2) is 9.59 Å². The molecule has 0 heterocycles. The lowest BCUT2D eigenvalue weighted by Crippen LogP contribution is -2.43. The van der Waals surface area contributed by atoms with Crippen LogP contribution < -0.4 is 5.32 Å². The van der Waals surface area contributed by atoms with Crippen molar-refractivity contribution in [2.24, 2.45) is 0 Å². The number of carboxylic acid groups (broad SMARTS) is 2. The lowest BCUT2D eigenvalue weighted by atomic mass is 10.1. The number of hydrogen-bond donors (Lipinski definition) is 3. The quantitative estimate of drug-likeness (QED) is 0.663. The zero-order chi connectivity index (χ0) is 13.6. The van der Waals surface area contributed by atoms with Gasteiger partial charge < -0.3 is 20.3 Å². The van der Waals surface area contributed by atoms with E-state index in [0.29, 0.717) is 0 Å². The Bertz CT molecular complexity index is 306. The highest BCUT2D eigenvalue weighted by Crippen LogP contribution is 2.07. The fourth-order valence-electron chi connectivity index (χ4n) is 0.975. The molecule has 98 valence electrons. The second-order valence-electron chi connectivity index (χ2n) is 4.47. The molecule has 0 saturated heterocycles. The molecule has 0 aromatic heterocycles. The first-order valence-electron chi connectivity index (χ1n) is 5.06. The zero-order valence-electron chi connectivity index (χ0n) is 10.0. The average Bonchev–Trinajstić information content (AvgIpc) is 2.08. The molecule has 0 aromatic carbocycles. The molecular formula is C10H17NO6. The van der Waals surface area contributed by atoms with Crippen molar-refractivity contribution in [3.05, 3.63) is 0 Å². The van der Waals surface area contributed by atoms with Crippen LogP contribution in [-0.2, 0) is 14.3 Å². The predicted molar refractivity (Wildman–Crippen MR) is 57.7 cm³/mol. The third-order valence-corrected chi connectivity index (χ3v) is 1.64. The summed E-state index contributed by atoms with van der Waals surface area (Å²) >= 11 is 0. The van der Waals surface area contributed by atoms with E-state index in [9.17, 15) is 14.4 Å². The molecule has 0 aliphatic rings. The van der Waals surface area contributed by atoms with Crippen molar-refractivity contribution in [2.75, 3.05) is 0 Å². The van der Waals surface area contributed by atoms with Gasteiger partial charge in [-0.1, -0.05) is 0 Å². The molecule has 0 rings (SSSR count). The van der Waals surface area contributed by atoms with Gasteiger partial charge in [0.25, 0.3) is 0 Å². The SMILES string of the molecule is CC(C)(C)OC(=O)NC(CCC(=O)O)C(=O)O. The van der Waals surface area contributed by atoms with Crippen LogP contribution in [-0.4, -0.2) is 39.9 Å². The molecule has 1 unspecified atom stereocenters. The molecule has 0 fully saturated rings. The van der Waals surface area contributed by atoms with E-state index in [1.165, 1.54) is 0 Å². The Morgan fingerprint density at radius 3 is 2.12 bits per heavy atom. The van der Waals surface area contributed by atoms with Crippen molar-refractivity contribution in [3.8, 4) is 0 Å². The molecule has 0 aliphatic carbocycles. The first-order valence-corrected chi connectivity index (χ1v) is 5.06. The van der Waals surface area contributed by atoms with Crippen molar-refractivity contribution in [1.29, 1.82) is 0 Å². The summed E-state index contributed by atoms with van der Waals surface area (Å²) in [5.74, 6) is -2.42.